The molecule has 0 bridgehead atoms. The van der Waals surface area contributed by atoms with E-state index in [1.807, 2.05) is 4.90 Å². The third kappa shape index (κ3) is 6.77. The summed E-state index contributed by atoms with van der Waals surface area (Å²) in [7, 11) is 0. The van der Waals surface area contributed by atoms with Crippen molar-refractivity contribution in [3.63, 3.8) is 0 Å². The highest BCUT2D eigenvalue weighted by molar-refractivity contribution is 5.86. The molecular weight excluding hydrogens is 440 g/mol. The molecular formula is C28H46N4O3. The van der Waals surface area contributed by atoms with Crippen LogP contribution in [-0.2, 0) is 14.3 Å². The Morgan fingerprint density at radius 1 is 1.06 bits per heavy atom. The van der Waals surface area contributed by atoms with Gasteiger partial charge in [0.05, 0.1) is 19.3 Å². The summed E-state index contributed by atoms with van der Waals surface area (Å²) < 4.78 is 5.40. The topological polar surface area (TPSA) is 85.7 Å². The number of hydrogen-bond acceptors (Lipinski definition) is 5. The third-order valence-corrected chi connectivity index (χ3v) is 9.24. The Bertz CT molecular complexity index is 756. The maximum Gasteiger partial charge on any atom is 0.224 e. The van der Waals surface area contributed by atoms with Crippen LogP contribution in [-0.4, -0.2) is 72.6 Å². The molecule has 1 N–H and O–H groups in total. The van der Waals surface area contributed by atoms with Crippen LogP contribution in [0.2, 0.25) is 0 Å². The van der Waals surface area contributed by atoms with E-state index in [1.54, 1.807) is 0 Å². The average molecular weight is 487 g/mol. The van der Waals surface area contributed by atoms with E-state index in [9.17, 15) is 14.9 Å². The van der Waals surface area contributed by atoms with Crippen LogP contribution in [0, 0.1) is 29.1 Å². The minimum absolute atomic E-state index is 0.0521. The van der Waals surface area contributed by atoms with E-state index in [0.717, 1.165) is 25.8 Å². The largest absolute Gasteiger partial charge is 0.378 e. The molecule has 0 spiro atoms. The lowest BCUT2D eigenvalue weighted by Crippen LogP contribution is -2.53. The fourth-order valence-corrected chi connectivity index (χ4v) is 7.09. The van der Waals surface area contributed by atoms with Crippen molar-refractivity contribution in [2.24, 2.45) is 17.8 Å². The van der Waals surface area contributed by atoms with Gasteiger partial charge in [0.15, 0.2) is 0 Å². The van der Waals surface area contributed by atoms with E-state index in [2.05, 4.69) is 23.2 Å². The molecule has 35 heavy (non-hydrogen) atoms. The van der Waals surface area contributed by atoms with Crippen molar-refractivity contribution < 1.29 is 14.3 Å². The average Bonchev–Trinajstić information content (AvgIpc) is 3.33. The predicted molar refractivity (Wildman–Crippen MR) is 135 cm³/mol. The van der Waals surface area contributed by atoms with Gasteiger partial charge >= 0.3 is 0 Å². The first-order chi connectivity index (χ1) is 17.0. The highest BCUT2D eigenvalue weighted by atomic mass is 16.5. The number of rotatable bonds is 8. The zero-order valence-electron chi connectivity index (χ0n) is 21.8. The molecule has 4 atom stereocenters. The van der Waals surface area contributed by atoms with Gasteiger partial charge in [-0.3, -0.25) is 14.5 Å². The summed E-state index contributed by atoms with van der Waals surface area (Å²) in [6, 6.07) is 3.03. The quantitative estimate of drug-likeness (QED) is 0.563. The molecule has 0 aromatic carbocycles. The number of likely N-dealkylation sites (tertiary alicyclic amines) is 1. The smallest absolute Gasteiger partial charge is 0.224 e. The Kier molecular flexibility index (Phi) is 9.46. The zero-order valence-corrected chi connectivity index (χ0v) is 21.8. The van der Waals surface area contributed by atoms with Gasteiger partial charge in [0, 0.05) is 44.6 Å². The van der Waals surface area contributed by atoms with E-state index >= 15 is 0 Å². The lowest BCUT2D eigenvalue weighted by Gasteiger charge is -2.38. The second kappa shape index (κ2) is 12.5. The summed E-state index contributed by atoms with van der Waals surface area (Å²) >= 11 is 0. The molecule has 0 aromatic rings. The van der Waals surface area contributed by atoms with Crippen molar-refractivity contribution in [1.82, 2.24) is 15.1 Å². The molecule has 7 heteroatoms. The molecule has 4 rings (SSSR count). The molecule has 4 fully saturated rings. The molecule has 0 aromatic heterocycles. The van der Waals surface area contributed by atoms with Gasteiger partial charge in [-0.2, -0.15) is 5.26 Å². The minimum Gasteiger partial charge on any atom is -0.378 e. The van der Waals surface area contributed by atoms with Crippen molar-refractivity contribution >= 4 is 11.8 Å². The molecule has 4 aliphatic rings. The van der Waals surface area contributed by atoms with Crippen LogP contribution in [0.5, 0.6) is 0 Å². The highest BCUT2D eigenvalue weighted by Crippen LogP contribution is 2.35. The Morgan fingerprint density at radius 2 is 1.77 bits per heavy atom. The Balaban J connectivity index is 1.42. The number of carbonyl (C=O) groups is 2. The van der Waals surface area contributed by atoms with Gasteiger partial charge in [0.25, 0.3) is 0 Å². The fourth-order valence-electron chi connectivity index (χ4n) is 7.09. The van der Waals surface area contributed by atoms with Crippen molar-refractivity contribution in [3.05, 3.63) is 0 Å². The van der Waals surface area contributed by atoms with E-state index in [1.165, 1.54) is 51.4 Å². The molecule has 196 valence electrons. The van der Waals surface area contributed by atoms with Crippen LogP contribution in [0.3, 0.4) is 0 Å². The predicted octanol–water partition coefficient (Wildman–Crippen LogP) is 3.87. The molecule has 7 nitrogen and oxygen atoms in total. The SMILES string of the molecule is CC[C@@H]1CCCC[C@H]1N1CC[C@@](C#N)(NC(=O)[C@@H](CC(=O)N2CCOCC2)CC2CCCCC2)C1. The molecule has 2 amide bonds. The van der Waals surface area contributed by atoms with Gasteiger partial charge in [-0.1, -0.05) is 58.3 Å². The monoisotopic (exact) mass is 486 g/mol. The number of nitrogens with one attached hydrogen (secondary N) is 1. The van der Waals surface area contributed by atoms with Crippen LogP contribution in [0.15, 0.2) is 0 Å². The van der Waals surface area contributed by atoms with Crippen LogP contribution >= 0.6 is 0 Å². The van der Waals surface area contributed by atoms with Crippen molar-refractivity contribution in [2.75, 3.05) is 39.4 Å². The Labute approximate surface area is 211 Å². The summed E-state index contributed by atoms with van der Waals surface area (Å²) in [4.78, 5) is 31.1. The second-order valence-electron chi connectivity index (χ2n) is 11.6. The Hall–Kier alpha value is -1.65. The van der Waals surface area contributed by atoms with Gasteiger partial charge in [0.2, 0.25) is 11.8 Å². The van der Waals surface area contributed by atoms with Crippen LogP contribution in [0.4, 0.5) is 0 Å². The summed E-state index contributed by atoms with van der Waals surface area (Å²) in [6.07, 6.45) is 13.9. The maximum absolute atomic E-state index is 13.7. The number of nitrogens with zero attached hydrogens (tertiary/aromatic N) is 3. The molecule has 2 heterocycles. The van der Waals surface area contributed by atoms with Crippen LogP contribution < -0.4 is 5.32 Å². The number of carbonyl (C=O) groups excluding carboxylic acids is 2. The highest BCUT2D eigenvalue weighted by Gasteiger charge is 2.45. The van der Waals surface area contributed by atoms with Gasteiger partial charge in [-0.05, 0) is 37.5 Å². The van der Waals surface area contributed by atoms with E-state index in [-0.39, 0.29) is 24.2 Å². The van der Waals surface area contributed by atoms with E-state index in [4.69, 9.17) is 4.74 Å². The number of nitriles is 1. The van der Waals surface area contributed by atoms with Gasteiger partial charge in [-0.15, -0.1) is 0 Å². The lowest BCUT2D eigenvalue weighted by atomic mass is 9.81. The van der Waals surface area contributed by atoms with Crippen LogP contribution in [0.25, 0.3) is 0 Å². The number of ether oxygens (including phenoxy) is 1. The summed E-state index contributed by atoms with van der Waals surface area (Å²) in [5.41, 5.74) is -0.834. The third-order valence-electron chi connectivity index (χ3n) is 9.24. The first-order valence-corrected chi connectivity index (χ1v) is 14.4. The molecule has 0 radical (unpaired) electrons. The summed E-state index contributed by atoms with van der Waals surface area (Å²) in [5, 5.41) is 13.4. The molecule has 2 aliphatic heterocycles. The van der Waals surface area contributed by atoms with Gasteiger partial charge < -0.3 is 15.0 Å². The Morgan fingerprint density at radius 3 is 2.49 bits per heavy atom. The molecule has 2 saturated heterocycles. The van der Waals surface area contributed by atoms with Crippen molar-refractivity contribution in [3.8, 4) is 6.07 Å². The maximum atomic E-state index is 13.7. The number of morpholine rings is 1. The van der Waals surface area contributed by atoms with Crippen LogP contribution in [0.1, 0.15) is 90.4 Å². The molecule has 0 unspecified atom stereocenters. The van der Waals surface area contributed by atoms with Gasteiger partial charge in [0.1, 0.15) is 5.54 Å². The summed E-state index contributed by atoms with van der Waals surface area (Å²) in [6.45, 7) is 6.11. The second-order valence-corrected chi connectivity index (χ2v) is 11.6. The van der Waals surface area contributed by atoms with E-state index < -0.39 is 5.54 Å². The van der Waals surface area contributed by atoms with Gasteiger partial charge in [-0.25, -0.2) is 0 Å². The minimum atomic E-state index is -0.834. The first kappa shape index (κ1) is 26.4. The number of hydrogen-bond donors (Lipinski definition) is 1. The fraction of sp³-hybridized carbons (Fsp3) is 0.893. The van der Waals surface area contributed by atoms with Crippen molar-refractivity contribution in [2.45, 2.75) is 102 Å². The van der Waals surface area contributed by atoms with E-state index in [0.29, 0.717) is 57.1 Å². The molecule has 2 saturated carbocycles. The molecule has 2 aliphatic carbocycles. The zero-order chi connectivity index (χ0) is 24.7. The first-order valence-electron chi connectivity index (χ1n) is 14.4. The lowest BCUT2D eigenvalue weighted by molar-refractivity contribution is -0.140. The normalized spacial score (nSPS) is 31.6. The standard InChI is InChI=1S/C28H46N4O3/c1-2-23-10-6-7-11-25(23)32-13-12-28(20-29,21-32)30-27(34)24(18-22-8-4-3-5-9-22)19-26(33)31-14-16-35-17-15-31/h22-25H,2-19,21H2,1H3,(H,30,34)/t23-,24-,25-,28+/m1/s1. The number of amides is 2. The van der Waals surface area contributed by atoms with Crippen molar-refractivity contribution in [1.29, 1.82) is 5.26 Å². The summed E-state index contributed by atoms with van der Waals surface area (Å²) in [5.74, 6) is 0.806.